The molecule has 1 atom stereocenters. The van der Waals surface area contributed by atoms with Crippen LogP contribution in [-0.4, -0.2) is 43.1 Å². The molecule has 2 aromatic rings. The highest BCUT2D eigenvalue weighted by Crippen LogP contribution is 2.38. The van der Waals surface area contributed by atoms with Gasteiger partial charge >= 0.3 is 0 Å². The number of carbonyl (C=O) groups is 2. The fraction of sp³-hybridized carbons (Fsp3) is 0.333. The third kappa shape index (κ3) is 3.74. The highest BCUT2D eigenvalue weighted by atomic mass is 16.6. The lowest BCUT2D eigenvalue weighted by atomic mass is 10.0. The van der Waals surface area contributed by atoms with Gasteiger partial charge in [0.25, 0.3) is 11.8 Å². The molecule has 0 spiro atoms. The second-order valence-electron chi connectivity index (χ2n) is 6.84. The first-order valence-corrected chi connectivity index (χ1v) is 9.33. The fourth-order valence-corrected chi connectivity index (χ4v) is 3.64. The third-order valence-corrected chi connectivity index (χ3v) is 4.95. The van der Waals surface area contributed by atoms with E-state index in [9.17, 15) is 9.59 Å². The highest BCUT2D eigenvalue weighted by molar-refractivity contribution is 5.94. The summed E-state index contributed by atoms with van der Waals surface area (Å²) in [7, 11) is 0. The van der Waals surface area contributed by atoms with E-state index in [4.69, 9.17) is 19.9 Å². The first-order chi connectivity index (χ1) is 13.6. The quantitative estimate of drug-likeness (QED) is 0.857. The third-order valence-electron chi connectivity index (χ3n) is 4.95. The number of likely N-dealkylation sites (tertiary alicyclic amines) is 1. The summed E-state index contributed by atoms with van der Waals surface area (Å²) >= 11 is 0. The van der Waals surface area contributed by atoms with Gasteiger partial charge in [0.1, 0.15) is 19.0 Å². The average molecular weight is 382 g/mol. The Morgan fingerprint density at radius 3 is 2.57 bits per heavy atom. The van der Waals surface area contributed by atoms with E-state index in [0.717, 1.165) is 29.9 Å². The van der Waals surface area contributed by atoms with E-state index in [1.165, 1.54) is 0 Å². The summed E-state index contributed by atoms with van der Waals surface area (Å²) in [6, 6.07) is 12.7. The summed E-state index contributed by atoms with van der Waals surface area (Å²) in [6.07, 6.45) is 1.86. The molecule has 2 aromatic carbocycles. The Morgan fingerprint density at radius 1 is 1.07 bits per heavy atom. The number of rotatable bonds is 5. The van der Waals surface area contributed by atoms with Crippen molar-refractivity contribution in [3.05, 3.63) is 53.6 Å². The van der Waals surface area contributed by atoms with Gasteiger partial charge in [-0.1, -0.05) is 6.07 Å². The number of primary amides is 1. The van der Waals surface area contributed by atoms with Gasteiger partial charge in [-0.15, -0.1) is 0 Å². The van der Waals surface area contributed by atoms with Crippen molar-refractivity contribution < 1.29 is 23.8 Å². The summed E-state index contributed by atoms with van der Waals surface area (Å²) in [6.45, 7) is 1.61. The Bertz CT molecular complexity index is 881. The molecule has 7 heteroatoms. The number of ether oxygens (including phenoxy) is 3. The van der Waals surface area contributed by atoms with Gasteiger partial charge in [0.05, 0.1) is 6.04 Å². The first kappa shape index (κ1) is 18.2. The van der Waals surface area contributed by atoms with Crippen LogP contribution in [0.2, 0.25) is 0 Å². The zero-order chi connectivity index (χ0) is 19.5. The molecule has 7 nitrogen and oxygen atoms in total. The molecule has 0 aromatic heterocycles. The van der Waals surface area contributed by atoms with Crippen LogP contribution in [0.15, 0.2) is 42.5 Å². The van der Waals surface area contributed by atoms with E-state index >= 15 is 0 Å². The van der Waals surface area contributed by atoms with Crippen LogP contribution in [0.3, 0.4) is 0 Å². The molecule has 1 saturated heterocycles. The Balaban J connectivity index is 1.50. The lowest BCUT2D eigenvalue weighted by molar-refractivity contribution is -0.119. The molecule has 0 bridgehead atoms. The minimum Gasteiger partial charge on any atom is -0.486 e. The molecule has 146 valence electrons. The molecular formula is C21H22N2O5. The van der Waals surface area contributed by atoms with Crippen LogP contribution in [-0.2, 0) is 4.79 Å². The molecule has 28 heavy (non-hydrogen) atoms. The lowest BCUT2D eigenvalue weighted by Gasteiger charge is -2.27. The molecule has 0 radical (unpaired) electrons. The van der Waals surface area contributed by atoms with E-state index in [-0.39, 0.29) is 18.6 Å². The van der Waals surface area contributed by atoms with E-state index < -0.39 is 5.91 Å². The number of amides is 2. The number of nitrogens with two attached hydrogens (primary N) is 1. The predicted molar refractivity (Wildman–Crippen MR) is 102 cm³/mol. The molecule has 1 fully saturated rings. The molecule has 2 amide bonds. The van der Waals surface area contributed by atoms with Gasteiger partial charge < -0.3 is 24.8 Å². The van der Waals surface area contributed by atoms with Crippen molar-refractivity contribution in [1.29, 1.82) is 0 Å². The van der Waals surface area contributed by atoms with Gasteiger partial charge in [-0.3, -0.25) is 9.59 Å². The van der Waals surface area contributed by atoms with Crippen LogP contribution in [0.25, 0.3) is 0 Å². The zero-order valence-corrected chi connectivity index (χ0v) is 15.4. The normalized spacial score (nSPS) is 18.0. The Morgan fingerprint density at radius 2 is 1.82 bits per heavy atom. The smallest absolute Gasteiger partial charge is 0.255 e. The Labute approximate surface area is 163 Å². The van der Waals surface area contributed by atoms with Gasteiger partial charge in [-0.25, -0.2) is 0 Å². The number of hydrogen-bond donors (Lipinski definition) is 1. The molecule has 2 aliphatic rings. The minimum atomic E-state index is -0.542. The van der Waals surface area contributed by atoms with Crippen molar-refractivity contribution in [1.82, 2.24) is 4.90 Å². The Kier molecular flexibility index (Phi) is 5.06. The summed E-state index contributed by atoms with van der Waals surface area (Å²) in [4.78, 5) is 25.7. The van der Waals surface area contributed by atoms with Crippen LogP contribution in [0.4, 0.5) is 0 Å². The number of hydrogen-bond acceptors (Lipinski definition) is 5. The number of fused-ring (bicyclic) bond motifs is 1. The first-order valence-electron chi connectivity index (χ1n) is 9.33. The fourth-order valence-electron chi connectivity index (χ4n) is 3.64. The van der Waals surface area contributed by atoms with E-state index in [1.807, 2.05) is 23.1 Å². The number of nitrogens with zero attached hydrogens (tertiary/aromatic N) is 1. The topological polar surface area (TPSA) is 91.1 Å². The predicted octanol–water partition coefficient (Wildman–Crippen LogP) is 2.30. The van der Waals surface area contributed by atoms with Crippen molar-refractivity contribution in [2.24, 2.45) is 5.73 Å². The average Bonchev–Trinajstić information content (AvgIpc) is 3.21. The largest absolute Gasteiger partial charge is 0.486 e. The molecule has 2 heterocycles. The lowest BCUT2D eigenvalue weighted by Crippen LogP contribution is -2.30. The second kappa shape index (κ2) is 7.80. The van der Waals surface area contributed by atoms with Crippen molar-refractivity contribution >= 4 is 11.8 Å². The molecule has 0 aliphatic carbocycles. The van der Waals surface area contributed by atoms with Crippen LogP contribution in [0.5, 0.6) is 17.2 Å². The summed E-state index contributed by atoms with van der Waals surface area (Å²) in [5.41, 5.74) is 6.70. The van der Waals surface area contributed by atoms with Gasteiger partial charge in [-0.2, -0.15) is 0 Å². The number of benzene rings is 2. The highest BCUT2D eigenvalue weighted by Gasteiger charge is 2.31. The molecule has 4 rings (SSSR count). The summed E-state index contributed by atoms with van der Waals surface area (Å²) < 4.78 is 16.5. The van der Waals surface area contributed by atoms with Crippen molar-refractivity contribution in [3.63, 3.8) is 0 Å². The minimum absolute atomic E-state index is 0.00844. The molecule has 2 N–H and O–H groups in total. The summed E-state index contributed by atoms with van der Waals surface area (Å²) in [5, 5.41) is 0. The van der Waals surface area contributed by atoms with Gasteiger partial charge in [0.15, 0.2) is 18.1 Å². The van der Waals surface area contributed by atoms with Crippen LogP contribution in [0, 0.1) is 0 Å². The van der Waals surface area contributed by atoms with Gasteiger partial charge in [-0.05, 0) is 54.8 Å². The zero-order valence-electron chi connectivity index (χ0n) is 15.4. The van der Waals surface area contributed by atoms with Crippen molar-refractivity contribution in [2.45, 2.75) is 18.9 Å². The molecular weight excluding hydrogens is 360 g/mol. The van der Waals surface area contributed by atoms with Crippen molar-refractivity contribution in [2.75, 3.05) is 26.4 Å². The summed E-state index contributed by atoms with van der Waals surface area (Å²) in [5.74, 6) is 1.41. The van der Waals surface area contributed by atoms with Crippen molar-refractivity contribution in [3.8, 4) is 17.2 Å². The van der Waals surface area contributed by atoms with E-state index in [1.54, 1.807) is 24.3 Å². The molecule has 1 unspecified atom stereocenters. The van der Waals surface area contributed by atoms with Crippen LogP contribution < -0.4 is 19.9 Å². The van der Waals surface area contributed by atoms with E-state index in [2.05, 4.69) is 0 Å². The SMILES string of the molecule is NC(=O)COc1ccc(C(=O)N2CCCC2c2ccc3c(c2)OCCO3)cc1. The standard InChI is InChI=1S/C21H22N2O5/c22-20(24)13-28-16-6-3-14(4-7-16)21(25)23-9-1-2-17(23)15-5-8-18-19(12-15)27-11-10-26-18/h3-8,12,17H,1-2,9-11,13H2,(H2,22,24). The molecule has 0 saturated carbocycles. The Hall–Kier alpha value is -3.22. The molecule has 2 aliphatic heterocycles. The second-order valence-corrected chi connectivity index (χ2v) is 6.84. The maximum Gasteiger partial charge on any atom is 0.255 e. The number of carbonyl (C=O) groups excluding carboxylic acids is 2. The van der Waals surface area contributed by atoms with Crippen LogP contribution in [0.1, 0.15) is 34.8 Å². The monoisotopic (exact) mass is 382 g/mol. The van der Waals surface area contributed by atoms with Gasteiger partial charge in [0.2, 0.25) is 0 Å². The maximum absolute atomic E-state index is 13.1. The van der Waals surface area contributed by atoms with Gasteiger partial charge in [0, 0.05) is 12.1 Å². The van der Waals surface area contributed by atoms with E-state index in [0.29, 0.717) is 31.1 Å². The van der Waals surface area contributed by atoms with Crippen LogP contribution >= 0.6 is 0 Å². The maximum atomic E-state index is 13.1.